The van der Waals surface area contributed by atoms with Gasteiger partial charge in [-0.25, -0.2) is 4.39 Å². The highest BCUT2D eigenvalue weighted by Gasteiger charge is 2.31. The fourth-order valence-electron chi connectivity index (χ4n) is 4.91. The molecule has 1 N–H and O–H groups in total. The lowest BCUT2D eigenvalue weighted by Crippen LogP contribution is -2.48. The predicted octanol–water partition coefficient (Wildman–Crippen LogP) is 4.65. The lowest BCUT2D eigenvalue weighted by atomic mass is 10.0. The summed E-state index contributed by atoms with van der Waals surface area (Å²) in [5.41, 5.74) is 1.59. The summed E-state index contributed by atoms with van der Waals surface area (Å²) < 4.78 is 26.4. The van der Waals surface area contributed by atoms with Gasteiger partial charge in [0.05, 0.1) is 29.7 Å². The largest absolute Gasteiger partial charge is 0.491 e. The fourth-order valence-corrected chi connectivity index (χ4v) is 4.91. The molecule has 0 bridgehead atoms. The van der Waals surface area contributed by atoms with Gasteiger partial charge in [0, 0.05) is 38.9 Å². The van der Waals surface area contributed by atoms with Gasteiger partial charge in [0.15, 0.2) is 0 Å². The molecule has 1 heterocycles. The van der Waals surface area contributed by atoms with E-state index in [4.69, 9.17) is 9.47 Å². The summed E-state index contributed by atoms with van der Waals surface area (Å²) in [6.45, 7) is 4.34. The van der Waals surface area contributed by atoms with Gasteiger partial charge in [-0.05, 0) is 42.8 Å². The number of ether oxygens (including phenoxy) is 2. The van der Waals surface area contributed by atoms with Crippen molar-refractivity contribution in [2.75, 3.05) is 39.2 Å². The number of carbonyl (C=O) groups excluding carboxylic acids is 3. The van der Waals surface area contributed by atoms with Crippen molar-refractivity contribution in [2.45, 2.75) is 32.4 Å². The topological polar surface area (TPSA) is 88.2 Å². The molecule has 1 aliphatic heterocycles. The standard InChI is InChI=1S/C32H36FN3O5/c1-21-18-36(32(39)25-12-8-9-13-27(25)33)22(2)20-41-28-15-14-24(34-30(37)16-23-10-6-5-7-11-23)17-26(28)31(38)35(3)19-29(21)40-4/h5-15,17,21-22,29H,16,18-20H2,1-4H3,(H,34,37)/t21-,22+,29-/m1/s1. The predicted molar refractivity (Wildman–Crippen MR) is 155 cm³/mol. The second-order valence-corrected chi connectivity index (χ2v) is 10.5. The summed E-state index contributed by atoms with van der Waals surface area (Å²) in [5.74, 6) is -1.41. The third-order valence-electron chi connectivity index (χ3n) is 7.30. The number of methoxy groups -OCH3 is 1. The molecular formula is C32H36FN3O5. The van der Waals surface area contributed by atoms with Gasteiger partial charge < -0.3 is 24.6 Å². The lowest BCUT2D eigenvalue weighted by molar-refractivity contribution is -0.115. The quantitative estimate of drug-likeness (QED) is 0.490. The van der Waals surface area contributed by atoms with E-state index in [2.05, 4.69) is 5.32 Å². The molecule has 0 saturated carbocycles. The van der Waals surface area contributed by atoms with Crippen LogP contribution in [0.5, 0.6) is 5.75 Å². The highest BCUT2D eigenvalue weighted by molar-refractivity contribution is 6.00. The zero-order chi connectivity index (χ0) is 29.5. The van der Waals surface area contributed by atoms with E-state index in [0.717, 1.165) is 5.56 Å². The molecule has 0 unspecified atom stereocenters. The number of fused-ring (bicyclic) bond motifs is 1. The zero-order valence-electron chi connectivity index (χ0n) is 23.8. The Morgan fingerprint density at radius 1 is 1.02 bits per heavy atom. The molecule has 3 atom stereocenters. The molecule has 9 heteroatoms. The van der Waals surface area contributed by atoms with Gasteiger partial charge in [0.2, 0.25) is 5.91 Å². The fraction of sp³-hybridized carbons (Fsp3) is 0.344. The zero-order valence-corrected chi connectivity index (χ0v) is 23.8. The number of hydrogen-bond acceptors (Lipinski definition) is 5. The molecule has 3 amide bonds. The van der Waals surface area contributed by atoms with Crippen LogP contribution in [-0.2, 0) is 16.0 Å². The Morgan fingerprint density at radius 3 is 2.44 bits per heavy atom. The maximum Gasteiger partial charge on any atom is 0.257 e. The Hall–Kier alpha value is -4.24. The summed E-state index contributed by atoms with van der Waals surface area (Å²) in [4.78, 5) is 42.9. The van der Waals surface area contributed by atoms with Crippen molar-refractivity contribution in [1.82, 2.24) is 9.80 Å². The van der Waals surface area contributed by atoms with E-state index in [9.17, 15) is 18.8 Å². The molecular weight excluding hydrogens is 525 g/mol. The van der Waals surface area contributed by atoms with Gasteiger partial charge in [-0.3, -0.25) is 14.4 Å². The van der Waals surface area contributed by atoms with Crippen molar-refractivity contribution in [3.63, 3.8) is 0 Å². The molecule has 4 rings (SSSR count). The number of carbonyl (C=O) groups is 3. The number of amides is 3. The Balaban J connectivity index is 1.63. The molecule has 0 radical (unpaired) electrons. The molecule has 0 aliphatic carbocycles. The monoisotopic (exact) mass is 561 g/mol. The maximum atomic E-state index is 14.6. The Kier molecular flexibility index (Phi) is 9.73. The smallest absolute Gasteiger partial charge is 0.257 e. The molecule has 3 aromatic rings. The molecule has 1 aliphatic rings. The van der Waals surface area contributed by atoms with Gasteiger partial charge in [0.1, 0.15) is 18.2 Å². The second kappa shape index (κ2) is 13.4. The number of likely N-dealkylation sites (N-methyl/N-ethyl adjacent to an activating group) is 1. The summed E-state index contributed by atoms with van der Waals surface area (Å²) in [6.07, 6.45) is -0.205. The minimum atomic E-state index is -0.592. The minimum Gasteiger partial charge on any atom is -0.491 e. The Bertz CT molecular complexity index is 1380. The average molecular weight is 562 g/mol. The molecule has 0 spiro atoms. The number of hydrogen-bond donors (Lipinski definition) is 1. The van der Waals surface area contributed by atoms with E-state index >= 15 is 0 Å². The molecule has 41 heavy (non-hydrogen) atoms. The van der Waals surface area contributed by atoms with Crippen LogP contribution in [0, 0.1) is 11.7 Å². The number of nitrogens with one attached hydrogen (secondary N) is 1. The van der Waals surface area contributed by atoms with Crippen LogP contribution in [0.25, 0.3) is 0 Å². The number of anilines is 1. The lowest BCUT2D eigenvalue weighted by Gasteiger charge is -2.36. The van der Waals surface area contributed by atoms with Crippen LogP contribution in [0.3, 0.4) is 0 Å². The Morgan fingerprint density at radius 2 is 1.73 bits per heavy atom. The number of halogens is 1. The van der Waals surface area contributed by atoms with E-state index < -0.39 is 23.9 Å². The van der Waals surface area contributed by atoms with Gasteiger partial charge in [-0.1, -0.05) is 49.4 Å². The summed E-state index contributed by atoms with van der Waals surface area (Å²) in [6, 6.07) is 19.7. The highest BCUT2D eigenvalue weighted by Crippen LogP contribution is 2.27. The summed E-state index contributed by atoms with van der Waals surface area (Å²) >= 11 is 0. The van der Waals surface area contributed by atoms with Crippen molar-refractivity contribution in [3.05, 3.63) is 95.3 Å². The molecule has 216 valence electrons. The first-order valence-corrected chi connectivity index (χ1v) is 13.6. The average Bonchev–Trinajstić information content (AvgIpc) is 2.97. The summed E-state index contributed by atoms with van der Waals surface area (Å²) in [7, 11) is 3.23. The molecule has 0 saturated heterocycles. The van der Waals surface area contributed by atoms with Crippen LogP contribution in [0.4, 0.5) is 10.1 Å². The van der Waals surface area contributed by atoms with Gasteiger partial charge in [-0.2, -0.15) is 0 Å². The second-order valence-electron chi connectivity index (χ2n) is 10.5. The van der Waals surface area contributed by atoms with Crippen molar-refractivity contribution in [2.24, 2.45) is 5.92 Å². The number of benzene rings is 3. The van der Waals surface area contributed by atoms with Crippen molar-refractivity contribution < 1.29 is 28.2 Å². The SMILES string of the molecule is CO[C@@H]1CN(C)C(=O)c2cc(NC(=O)Cc3ccccc3)ccc2OC[C@H](C)N(C(=O)c2ccccc2F)C[C@H]1C. The van der Waals surface area contributed by atoms with Crippen LogP contribution < -0.4 is 10.1 Å². The third-order valence-corrected chi connectivity index (χ3v) is 7.30. The van der Waals surface area contributed by atoms with Crippen molar-refractivity contribution >= 4 is 23.4 Å². The van der Waals surface area contributed by atoms with E-state index in [1.54, 1.807) is 49.4 Å². The highest BCUT2D eigenvalue weighted by atomic mass is 19.1. The van der Waals surface area contributed by atoms with Gasteiger partial charge in [0.25, 0.3) is 11.8 Å². The first-order valence-electron chi connectivity index (χ1n) is 13.6. The van der Waals surface area contributed by atoms with Crippen LogP contribution in [0.2, 0.25) is 0 Å². The number of nitrogens with zero attached hydrogens (tertiary/aromatic N) is 2. The van der Waals surface area contributed by atoms with E-state index in [1.807, 2.05) is 44.2 Å². The molecule has 0 fully saturated rings. The van der Waals surface area contributed by atoms with E-state index in [-0.39, 0.29) is 55.0 Å². The van der Waals surface area contributed by atoms with Gasteiger partial charge in [-0.15, -0.1) is 0 Å². The molecule has 8 nitrogen and oxygen atoms in total. The molecule has 3 aromatic carbocycles. The molecule has 0 aromatic heterocycles. The number of rotatable bonds is 5. The van der Waals surface area contributed by atoms with Crippen molar-refractivity contribution in [1.29, 1.82) is 0 Å². The van der Waals surface area contributed by atoms with Crippen LogP contribution in [0.1, 0.15) is 40.1 Å². The van der Waals surface area contributed by atoms with Crippen LogP contribution >= 0.6 is 0 Å². The van der Waals surface area contributed by atoms with Gasteiger partial charge >= 0.3 is 0 Å². The van der Waals surface area contributed by atoms with E-state index in [1.165, 1.54) is 17.0 Å². The summed E-state index contributed by atoms with van der Waals surface area (Å²) in [5, 5.41) is 2.87. The van der Waals surface area contributed by atoms with Crippen LogP contribution in [0.15, 0.2) is 72.8 Å². The van der Waals surface area contributed by atoms with E-state index in [0.29, 0.717) is 11.4 Å². The Labute approximate surface area is 240 Å². The van der Waals surface area contributed by atoms with Crippen molar-refractivity contribution in [3.8, 4) is 5.75 Å². The third kappa shape index (κ3) is 7.29. The first-order chi connectivity index (χ1) is 19.7. The maximum absolute atomic E-state index is 14.6. The first kappa shape index (κ1) is 29.7. The minimum absolute atomic E-state index is 0.0174. The normalized spacial score (nSPS) is 19.8. The van der Waals surface area contributed by atoms with Crippen LogP contribution in [-0.4, -0.2) is 73.5 Å².